The lowest BCUT2D eigenvalue weighted by Crippen LogP contribution is -2.36. The van der Waals surface area contributed by atoms with Crippen molar-refractivity contribution in [2.75, 3.05) is 6.54 Å². The van der Waals surface area contributed by atoms with E-state index in [1.807, 2.05) is 37.3 Å². The highest BCUT2D eigenvalue weighted by Crippen LogP contribution is 2.38. The molecule has 1 aromatic heterocycles. The standard InChI is InChI=1S/C21H24N2O4/c1-13(18-12-14-6-2-5-9-17(14)27-18)22-19(24)10-11-23-20(25)15-7-3-4-8-16(15)21(23)26/h2,5-6,9,12-13,15-16H,3-4,7-8,10-11H2,1H3,(H,22,24)/t13-,15-,16+/m1/s1. The molecule has 2 heterocycles. The first-order valence-corrected chi connectivity index (χ1v) is 9.67. The summed E-state index contributed by atoms with van der Waals surface area (Å²) in [6, 6.07) is 9.32. The molecule has 2 aromatic rings. The molecule has 1 saturated carbocycles. The molecule has 1 aliphatic carbocycles. The van der Waals surface area contributed by atoms with E-state index < -0.39 is 0 Å². The minimum Gasteiger partial charge on any atom is -0.459 e. The number of rotatable bonds is 5. The maximum Gasteiger partial charge on any atom is 0.233 e. The number of carbonyl (C=O) groups is 3. The van der Waals surface area contributed by atoms with E-state index in [1.165, 1.54) is 4.90 Å². The van der Waals surface area contributed by atoms with Gasteiger partial charge in [-0.2, -0.15) is 0 Å². The number of amides is 3. The Hall–Kier alpha value is -2.63. The van der Waals surface area contributed by atoms with Gasteiger partial charge in [0, 0.05) is 18.4 Å². The number of nitrogens with one attached hydrogen (secondary N) is 1. The van der Waals surface area contributed by atoms with E-state index in [9.17, 15) is 14.4 Å². The van der Waals surface area contributed by atoms with Gasteiger partial charge in [-0.25, -0.2) is 0 Å². The van der Waals surface area contributed by atoms with Crippen LogP contribution in [0.15, 0.2) is 34.7 Å². The van der Waals surface area contributed by atoms with Crippen molar-refractivity contribution in [1.29, 1.82) is 0 Å². The van der Waals surface area contributed by atoms with Crippen LogP contribution < -0.4 is 5.32 Å². The van der Waals surface area contributed by atoms with Crippen LogP contribution in [-0.4, -0.2) is 29.2 Å². The number of para-hydroxylation sites is 1. The summed E-state index contributed by atoms with van der Waals surface area (Å²) in [6.45, 7) is 2.01. The van der Waals surface area contributed by atoms with E-state index in [2.05, 4.69) is 5.32 Å². The van der Waals surface area contributed by atoms with Crippen LogP contribution in [0.3, 0.4) is 0 Å². The second kappa shape index (κ2) is 7.18. The minimum atomic E-state index is -0.280. The number of furan rings is 1. The van der Waals surface area contributed by atoms with Gasteiger partial charge in [0.1, 0.15) is 11.3 Å². The average molecular weight is 368 g/mol. The van der Waals surface area contributed by atoms with Crippen LogP contribution in [0.25, 0.3) is 11.0 Å². The smallest absolute Gasteiger partial charge is 0.233 e. The molecule has 1 N–H and O–H groups in total. The van der Waals surface area contributed by atoms with Crippen LogP contribution in [0.1, 0.15) is 50.8 Å². The van der Waals surface area contributed by atoms with Crippen LogP contribution in [0.2, 0.25) is 0 Å². The zero-order valence-electron chi connectivity index (χ0n) is 15.4. The third kappa shape index (κ3) is 3.36. The SMILES string of the molecule is C[C@@H](NC(=O)CCN1C(=O)[C@H]2CCCC[C@H]2C1=O)c1cc2ccccc2o1. The van der Waals surface area contributed by atoms with Crippen molar-refractivity contribution >= 4 is 28.7 Å². The first-order valence-electron chi connectivity index (χ1n) is 9.67. The Morgan fingerprint density at radius 3 is 2.52 bits per heavy atom. The van der Waals surface area contributed by atoms with Crippen molar-refractivity contribution in [3.05, 3.63) is 36.1 Å². The summed E-state index contributed by atoms with van der Waals surface area (Å²) in [6.07, 6.45) is 3.70. The fourth-order valence-electron chi connectivity index (χ4n) is 4.27. The zero-order chi connectivity index (χ0) is 19.0. The number of benzene rings is 1. The van der Waals surface area contributed by atoms with Crippen LogP contribution in [0.5, 0.6) is 0 Å². The van der Waals surface area contributed by atoms with Crippen molar-refractivity contribution in [3.8, 4) is 0 Å². The number of hydrogen-bond donors (Lipinski definition) is 1. The van der Waals surface area contributed by atoms with Gasteiger partial charge in [0.05, 0.1) is 17.9 Å². The summed E-state index contributed by atoms with van der Waals surface area (Å²) >= 11 is 0. The van der Waals surface area contributed by atoms with Crippen molar-refractivity contribution in [1.82, 2.24) is 10.2 Å². The maximum absolute atomic E-state index is 12.5. The topological polar surface area (TPSA) is 79.6 Å². The van der Waals surface area contributed by atoms with E-state index >= 15 is 0 Å². The van der Waals surface area contributed by atoms with Gasteiger partial charge in [0.15, 0.2) is 0 Å². The Morgan fingerprint density at radius 1 is 1.19 bits per heavy atom. The average Bonchev–Trinajstić information content (AvgIpc) is 3.21. The van der Waals surface area contributed by atoms with Gasteiger partial charge in [0.25, 0.3) is 0 Å². The van der Waals surface area contributed by atoms with Gasteiger partial charge in [-0.1, -0.05) is 31.0 Å². The maximum atomic E-state index is 12.5. The molecule has 6 heteroatoms. The quantitative estimate of drug-likeness (QED) is 0.822. The summed E-state index contributed by atoms with van der Waals surface area (Å²) < 4.78 is 5.77. The molecule has 2 fully saturated rings. The fraction of sp³-hybridized carbons (Fsp3) is 0.476. The molecule has 27 heavy (non-hydrogen) atoms. The van der Waals surface area contributed by atoms with Gasteiger partial charge in [-0.3, -0.25) is 19.3 Å². The largest absolute Gasteiger partial charge is 0.459 e. The lowest BCUT2D eigenvalue weighted by atomic mass is 9.81. The molecule has 1 aromatic carbocycles. The summed E-state index contributed by atoms with van der Waals surface area (Å²) in [7, 11) is 0. The minimum absolute atomic E-state index is 0.0946. The van der Waals surface area contributed by atoms with Gasteiger partial charge >= 0.3 is 0 Å². The normalized spacial score (nSPS) is 23.5. The second-order valence-electron chi connectivity index (χ2n) is 7.55. The molecule has 0 spiro atoms. The Kier molecular flexibility index (Phi) is 4.72. The van der Waals surface area contributed by atoms with E-state index in [4.69, 9.17) is 4.42 Å². The van der Waals surface area contributed by atoms with Crippen LogP contribution in [0, 0.1) is 11.8 Å². The Balaban J connectivity index is 1.34. The van der Waals surface area contributed by atoms with E-state index in [1.54, 1.807) is 0 Å². The first kappa shape index (κ1) is 17.8. The molecule has 0 bridgehead atoms. The molecular formula is C21H24N2O4. The molecule has 142 valence electrons. The van der Waals surface area contributed by atoms with E-state index in [-0.39, 0.29) is 48.6 Å². The number of imide groups is 1. The molecule has 1 aliphatic heterocycles. The summed E-state index contributed by atoms with van der Waals surface area (Å²) in [5, 5.41) is 3.88. The lowest BCUT2D eigenvalue weighted by molar-refractivity contribution is -0.140. The summed E-state index contributed by atoms with van der Waals surface area (Å²) in [5.74, 6) is -0.0273. The third-order valence-electron chi connectivity index (χ3n) is 5.74. The van der Waals surface area contributed by atoms with Crippen molar-refractivity contribution in [3.63, 3.8) is 0 Å². The van der Waals surface area contributed by atoms with Crippen molar-refractivity contribution in [2.24, 2.45) is 11.8 Å². The predicted molar refractivity (Wildman–Crippen MR) is 99.6 cm³/mol. The van der Waals surface area contributed by atoms with E-state index in [0.29, 0.717) is 5.76 Å². The molecule has 3 atom stereocenters. The summed E-state index contributed by atoms with van der Waals surface area (Å²) in [5.41, 5.74) is 0.782. The lowest BCUT2D eigenvalue weighted by Gasteiger charge is -2.19. The Morgan fingerprint density at radius 2 is 1.85 bits per heavy atom. The second-order valence-corrected chi connectivity index (χ2v) is 7.55. The Labute approximate surface area is 157 Å². The van der Waals surface area contributed by atoms with Gasteiger partial charge in [0.2, 0.25) is 17.7 Å². The highest BCUT2D eigenvalue weighted by atomic mass is 16.3. The molecule has 2 aliphatic rings. The molecular weight excluding hydrogens is 344 g/mol. The van der Waals surface area contributed by atoms with Crippen molar-refractivity contribution in [2.45, 2.75) is 45.1 Å². The van der Waals surface area contributed by atoms with Crippen LogP contribution in [0.4, 0.5) is 0 Å². The fourth-order valence-corrected chi connectivity index (χ4v) is 4.27. The molecule has 0 radical (unpaired) electrons. The van der Waals surface area contributed by atoms with Gasteiger partial charge < -0.3 is 9.73 Å². The summed E-state index contributed by atoms with van der Waals surface area (Å²) in [4.78, 5) is 38.6. The molecule has 4 rings (SSSR count). The van der Waals surface area contributed by atoms with Gasteiger partial charge in [-0.15, -0.1) is 0 Å². The Bertz CT molecular complexity index is 830. The number of hydrogen-bond acceptors (Lipinski definition) is 4. The number of fused-ring (bicyclic) bond motifs is 2. The van der Waals surface area contributed by atoms with Crippen molar-refractivity contribution < 1.29 is 18.8 Å². The third-order valence-corrected chi connectivity index (χ3v) is 5.74. The molecule has 3 amide bonds. The van der Waals surface area contributed by atoms with Crippen LogP contribution in [-0.2, 0) is 14.4 Å². The molecule has 1 saturated heterocycles. The number of likely N-dealkylation sites (tertiary alicyclic amines) is 1. The molecule has 0 unspecified atom stereocenters. The van der Waals surface area contributed by atoms with Crippen LogP contribution >= 0.6 is 0 Å². The highest BCUT2D eigenvalue weighted by Gasteiger charge is 2.47. The first-order chi connectivity index (χ1) is 13.0. The number of carbonyl (C=O) groups excluding carboxylic acids is 3. The highest BCUT2D eigenvalue weighted by molar-refractivity contribution is 6.05. The predicted octanol–water partition coefficient (Wildman–Crippen LogP) is 3.18. The van der Waals surface area contributed by atoms with E-state index in [0.717, 1.165) is 36.7 Å². The zero-order valence-corrected chi connectivity index (χ0v) is 15.4. The molecule has 6 nitrogen and oxygen atoms in total. The van der Waals surface area contributed by atoms with Gasteiger partial charge in [-0.05, 0) is 31.9 Å². The monoisotopic (exact) mass is 368 g/mol. The number of nitrogens with zero attached hydrogens (tertiary/aromatic N) is 1.